The minimum absolute atomic E-state index is 0.835. The fourth-order valence-corrected chi connectivity index (χ4v) is 3.14. The standard InChI is InChI=1S/C13H14BrNO2S/c1-7-8(2)12(17-4)9(5-10(7)16-3)13-15-11(14)6-18-13/h5-6H,1-4H3. The van der Waals surface area contributed by atoms with Crippen molar-refractivity contribution in [2.75, 3.05) is 14.2 Å². The van der Waals surface area contributed by atoms with Gasteiger partial charge in [0.05, 0.1) is 19.8 Å². The molecule has 1 aromatic heterocycles. The lowest BCUT2D eigenvalue weighted by Crippen LogP contribution is -1.97. The smallest absolute Gasteiger partial charge is 0.132 e. The van der Waals surface area contributed by atoms with Crippen molar-refractivity contribution < 1.29 is 9.47 Å². The van der Waals surface area contributed by atoms with Crippen molar-refractivity contribution in [2.24, 2.45) is 0 Å². The lowest BCUT2D eigenvalue weighted by atomic mass is 10.0. The number of nitrogens with zero attached hydrogens (tertiary/aromatic N) is 1. The fourth-order valence-electron chi connectivity index (χ4n) is 1.87. The second kappa shape index (κ2) is 5.28. The van der Waals surface area contributed by atoms with Gasteiger partial charge in [0.25, 0.3) is 0 Å². The highest BCUT2D eigenvalue weighted by Gasteiger charge is 2.17. The molecule has 0 saturated heterocycles. The van der Waals surface area contributed by atoms with Crippen LogP contribution in [0.1, 0.15) is 11.1 Å². The molecule has 2 rings (SSSR count). The zero-order valence-corrected chi connectivity index (χ0v) is 13.1. The molecule has 2 aromatic rings. The van der Waals surface area contributed by atoms with E-state index in [9.17, 15) is 0 Å². The molecule has 96 valence electrons. The second-order valence-electron chi connectivity index (χ2n) is 3.89. The number of hydrogen-bond donors (Lipinski definition) is 0. The molecule has 0 N–H and O–H groups in total. The van der Waals surface area contributed by atoms with Gasteiger partial charge in [0.1, 0.15) is 21.1 Å². The second-order valence-corrected chi connectivity index (χ2v) is 5.56. The predicted molar refractivity (Wildman–Crippen MR) is 77.8 cm³/mol. The fraction of sp³-hybridized carbons (Fsp3) is 0.308. The number of thiazole rings is 1. The summed E-state index contributed by atoms with van der Waals surface area (Å²) in [7, 11) is 3.36. The maximum Gasteiger partial charge on any atom is 0.132 e. The average Bonchev–Trinajstić information content (AvgIpc) is 2.79. The van der Waals surface area contributed by atoms with Gasteiger partial charge in [-0.05, 0) is 47.0 Å². The van der Waals surface area contributed by atoms with Crippen molar-refractivity contribution in [2.45, 2.75) is 13.8 Å². The molecule has 0 bridgehead atoms. The van der Waals surface area contributed by atoms with E-state index in [1.807, 2.05) is 25.3 Å². The molecule has 0 aliphatic rings. The molecule has 1 aromatic carbocycles. The molecule has 0 radical (unpaired) electrons. The minimum Gasteiger partial charge on any atom is -0.496 e. The monoisotopic (exact) mass is 327 g/mol. The highest BCUT2D eigenvalue weighted by molar-refractivity contribution is 9.10. The average molecular weight is 328 g/mol. The first-order valence-electron chi connectivity index (χ1n) is 5.42. The molecular weight excluding hydrogens is 314 g/mol. The molecule has 0 unspecified atom stereocenters. The first-order valence-corrected chi connectivity index (χ1v) is 7.09. The maximum atomic E-state index is 5.52. The van der Waals surface area contributed by atoms with E-state index in [1.54, 1.807) is 25.6 Å². The number of halogens is 1. The molecule has 0 amide bonds. The lowest BCUT2D eigenvalue weighted by Gasteiger charge is -2.15. The molecular formula is C13H14BrNO2S. The zero-order chi connectivity index (χ0) is 13.3. The van der Waals surface area contributed by atoms with Crippen LogP contribution in [0.3, 0.4) is 0 Å². The summed E-state index contributed by atoms with van der Waals surface area (Å²) in [6, 6.07) is 1.98. The molecule has 0 fully saturated rings. The first kappa shape index (κ1) is 13.4. The van der Waals surface area contributed by atoms with Crippen LogP contribution in [0.5, 0.6) is 11.5 Å². The minimum atomic E-state index is 0.835. The number of hydrogen-bond acceptors (Lipinski definition) is 4. The van der Waals surface area contributed by atoms with Gasteiger partial charge in [-0.3, -0.25) is 0 Å². The van der Waals surface area contributed by atoms with E-state index >= 15 is 0 Å². The van der Waals surface area contributed by atoms with Crippen LogP contribution in [0, 0.1) is 13.8 Å². The number of ether oxygens (including phenoxy) is 2. The van der Waals surface area contributed by atoms with E-state index in [1.165, 1.54) is 0 Å². The van der Waals surface area contributed by atoms with Crippen molar-refractivity contribution in [3.63, 3.8) is 0 Å². The van der Waals surface area contributed by atoms with Crippen molar-refractivity contribution in [3.8, 4) is 22.1 Å². The molecule has 0 atom stereocenters. The van der Waals surface area contributed by atoms with Crippen LogP contribution >= 0.6 is 27.3 Å². The van der Waals surface area contributed by atoms with Gasteiger partial charge < -0.3 is 9.47 Å². The zero-order valence-electron chi connectivity index (χ0n) is 10.7. The summed E-state index contributed by atoms with van der Waals surface area (Å²) in [5.41, 5.74) is 3.14. The molecule has 18 heavy (non-hydrogen) atoms. The Morgan fingerprint density at radius 1 is 1.17 bits per heavy atom. The largest absolute Gasteiger partial charge is 0.496 e. The van der Waals surface area contributed by atoms with Gasteiger partial charge in [-0.1, -0.05) is 0 Å². The number of rotatable bonds is 3. The van der Waals surface area contributed by atoms with E-state index in [0.29, 0.717) is 0 Å². The SMILES string of the molecule is COc1cc(-c2nc(Br)cs2)c(OC)c(C)c1C. The summed E-state index contributed by atoms with van der Waals surface area (Å²) in [6.45, 7) is 4.06. The van der Waals surface area contributed by atoms with E-state index in [0.717, 1.165) is 37.8 Å². The Morgan fingerprint density at radius 3 is 2.39 bits per heavy atom. The van der Waals surface area contributed by atoms with Gasteiger partial charge in [0.15, 0.2) is 0 Å². The Labute approximate surface area is 119 Å². The first-order chi connectivity index (χ1) is 8.58. The van der Waals surface area contributed by atoms with Crippen molar-refractivity contribution >= 4 is 27.3 Å². The highest BCUT2D eigenvalue weighted by atomic mass is 79.9. The van der Waals surface area contributed by atoms with Crippen LogP contribution in [-0.2, 0) is 0 Å². The molecule has 0 aliphatic carbocycles. The molecule has 0 saturated carbocycles. The topological polar surface area (TPSA) is 31.4 Å². The van der Waals surface area contributed by atoms with E-state index in [-0.39, 0.29) is 0 Å². The van der Waals surface area contributed by atoms with E-state index in [4.69, 9.17) is 9.47 Å². The Kier molecular flexibility index (Phi) is 3.92. The van der Waals surface area contributed by atoms with Crippen LogP contribution in [0.4, 0.5) is 0 Å². The van der Waals surface area contributed by atoms with Crippen molar-refractivity contribution in [3.05, 3.63) is 27.2 Å². The van der Waals surface area contributed by atoms with Crippen LogP contribution < -0.4 is 9.47 Å². The van der Waals surface area contributed by atoms with E-state index < -0.39 is 0 Å². The third-order valence-electron chi connectivity index (χ3n) is 2.92. The molecule has 5 heteroatoms. The van der Waals surface area contributed by atoms with Crippen LogP contribution in [-0.4, -0.2) is 19.2 Å². The Balaban J connectivity index is 2.69. The van der Waals surface area contributed by atoms with E-state index in [2.05, 4.69) is 20.9 Å². The van der Waals surface area contributed by atoms with Gasteiger partial charge in [-0.15, -0.1) is 11.3 Å². The van der Waals surface area contributed by atoms with Gasteiger partial charge in [-0.25, -0.2) is 4.98 Å². The Morgan fingerprint density at radius 2 is 1.89 bits per heavy atom. The predicted octanol–water partition coefficient (Wildman–Crippen LogP) is 4.21. The number of aromatic nitrogens is 1. The molecule has 1 heterocycles. The summed E-state index contributed by atoms with van der Waals surface area (Å²) in [6.07, 6.45) is 0. The molecule has 0 spiro atoms. The Hall–Kier alpha value is -1.07. The van der Waals surface area contributed by atoms with Crippen LogP contribution in [0.2, 0.25) is 0 Å². The van der Waals surface area contributed by atoms with Gasteiger partial charge in [-0.2, -0.15) is 0 Å². The van der Waals surface area contributed by atoms with Crippen molar-refractivity contribution in [1.29, 1.82) is 0 Å². The number of methoxy groups -OCH3 is 2. The van der Waals surface area contributed by atoms with Crippen LogP contribution in [0.25, 0.3) is 10.6 Å². The summed E-state index contributed by atoms with van der Waals surface area (Å²) >= 11 is 4.94. The number of benzene rings is 1. The normalized spacial score (nSPS) is 10.5. The highest BCUT2D eigenvalue weighted by Crippen LogP contribution is 2.40. The Bertz CT molecular complexity index is 581. The quantitative estimate of drug-likeness (QED) is 0.846. The maximum absolute atomic E-state index is 5.52. The van der Waals surface area contributed by atoms with Gasteiger partial charge in [0, 0.05) is 5.38 Å². The lowest BCUT2D eigenvalue weighted by molar-refractivity contribution is 0.399. The molecule has 0 aliphatic heterocycles. The third kappa shape index (κ3) is 2.24. The summed E-state index contributed by atoms with van der Waals surface area (Å²) in [5.74, 6) is 1.71. The summed E-state index contributed by atoms with van der Waals surface area (Å²) in [4.78, 5) is 4.44. The third-order valence-corrected chi connectivity index (χ3v) is 4.51. The van der Waals surface area contributed by atoms with Crippen LogP contribution in [0.15, 0.2) is 16.0 Å². The summed E-state index contributed by atoms with van der Waals surface area (Å²) < 4.78 is 11.8. The summed E-state index contributed by atoms with van der Waals surface area (Å²) in [5, 5.41) is 2.87. The van der Waals surface area contributed by atoms with Crippen molar-refractivity contribution in [1.82, 2.24) is 4.98 Å². The molecule has 3 nitrogen and oxygen atoms in total. The van der Waals surface area contributed by atoms with Gasteiger partial charge in [0.2, 0.25) is 0 Å². The van der Waals surface area contributed by atoms with Gasteiger partial charge >= 0.3 is 0 Å².